The van der Waals surface area contributed by atoms with Crippen LogP contribution in [0.15, 0.2) is 73.1 Å². The molecule has 3 atom stereocenters. The second kappa shape index (κ2) is 10.8. The molecule has 1 aromatic heterocycles. The van der Waals surface area contributed by atoms with Gasteiger partial charge in [-0.25, -0.2) is 4.39 Å². The highest BCUT2D eigenvalue weighted by Gasteiger charge is 2.42. The van der Waals surface area contributed by atoms with Gasteiger partial charge in [0.15, 0.2) is 0 Å². The van der Waals surface area contributed by atoms with Crippen molar-refractivity contribution in [2.45, 2.75) is 12.5 Å². The molecule has 5 rings (SSSR count). The van der Waals surface area contributed by atoms with E-state index in [1.165, 1.54) is 12.1 Å². The Bertz CT molecular complexity index is 1190. The summed E-state index contributed by atoms with van der Waals surface area (Å²) in [4.78, 5) is 33.9. The van der Waals surface area contributed by atoms with Crippen LogP contribution >= 0.6 is 11.6 Å². The van der Waals surface area contributed by atoms with Gasteiger partial charge in [0.1, 0.15) is 5.82 Å². The fraction of sp³-hybridized carbons (Fsp3) is 0.321. The molecule has 3 aromatic rings. The average Bonchev–Trinajstić information content (AvgIpc) is 3.46. The number of fused-ring (bicyclic) bond motifs is 1. The predicted octanol–water partition coefficient (Wildman–Crippen LogP) is 4.44. The second-order valence-corrected chi connectivity index (χ2v) is 9.96. The first-order valence-electron chi connectivity index (χ1n) is 12.2. The molecular weight excluding hydrogens is 479 g/mol. The molecule has 2 saturated heterocycles. The maximum Gasteiger partial charge on any atom is 0.258 e. The van der Waals surface area contributed by atoms with Crippen molar-refractivity contribution in [1.29, 1.82) is 0 Å². The van der Waals surface area contributed by atoms with Crippen LogP contribution in [0, 0.1) is 17.7 Å². The van der Waals surface area contributed by atoms with Crippen LogP contribution < -0.4 is 5.32 Å². The lowest BCUT2D eigenvalue weighted by atomic mass is 10.0. The van der Waals surface area contributed by atoms with Crippen LogP contribution in [0.2, 0.25) is 5.02 Å². The Kier molecular flexibility index (Phi) is 7.30. The van der Waals surface area contributed by atoms with Gasteiger partial charge in [-0.15, -0.1) is 0 Å². The molecule has 2 aliphatic rings. The summed E-state index contributed by atoms with van der Waals surface area (Å²) >= 11 is 6.11. The molecule has 2 amide bonds. The highest BCUT2D eigenvalue weighted by Crippen LogP contribution is 2.33. The molecule has 2 aliphatic heterocycles. The van der Waals surface area contributed by atoms with Gasteiger partial charge >= 0.3 is 0 Å². The van der Waals surface area contributed by atoms with E-state index in [-0.39, 0.29) is 28.4 Å². The molecule has 0 bridgehead atoms. The number of aromatic nitrogens is 1. The normalized spacial score (nSPS) is 20.2. The molecule has 186 valence electrons. The molecule has 0 spiro atoms. The number of benzene rings is 2. The van der Waals surface area contributed by atoms with Crippen LogP contribution in [0.5, 0.6) is 0 Å². The number of hydrogen-bond acceptors (Lipinski definition) is 4. The van der Waals surface area contributed by atoms with E-state index >= 15 is 0 Å². The SMILES string of the molecule is O=C(NC(CCN1CC2CN(C(=O)c3c(F)cccc3Cl)CC2C1)c1ccccc1)c1ccncc1. The Balaban J connectivity index is 1.19. The number of pyridine rings is 1. The van der Waals surface area contributed by atoms with Gasteiger partial charge in [-0.3, -0.25) is 14.6 Å². The van der Waals surface area contributed by atoms with E-state index in [0.29, 0.717) is 30.5 Å². The minimum Gasteiger partial charge on any atom is -0.345 e. The summed E-state index contributed by atoms with van der Waals surface area (Å²) in [6, 6.07) is 17.6. The van der Waals surface area contributed by atoms with Crippen LogP contribution in [0.3, 0.4) is 0 Å². The van der Waals surface area contributed by atoms with Crippen LogP contribution in [-0.2, 0) is 0 Å². The van der Waals surface area contributed by atoms with Crippen molar-refractivity contribution in [3.63, 3.8) is 0 Å². The molecular formula is C28H28ClFN4O2. The Morgan fingerprint density at radius 3 is 2.33 bits per heavy atom. The molecule has 0 saturated carbocycles. The molecule has 8 heteroatoms. The van der Waals surface area contributed by atoms with Crippen LogP contribution in [0.4, 0.5) is 4.39 Å². The summed E-state index contributed by atoms with van der Waals surface area (Å²) in [5.41, 5.74) is 1.62. The van der Waals surface area contributed by atoms with Crippen molar-refractivity contribution in [3.8, 4) is 0 Å². The van der Waals surface area contributed by atoms with Gasteiger partial charge in [-0.2, -0.15) is 0 Å². The van der Waals surface area contributed by atoms with Gasteiger partial charge in [0.05, 0.1) is 16.6 Å². The summed E-state index contributed by atoms with van der Waals surface area (Å²) in [6.07, 6.45) is 4.00. The van der Waals surface area contributed by atoms with Gasteiger partial charge < -0.3 is 15.1 Å². The molecule has 2 fully saturated rings. The third-order valence-electron chi connectivity index (χ3n) is 7.21. The molecule has 3 unspecified atom stereocenters. The van der Waals surface area contributed by atoms with Crippen LogP contribution in [0.1, 0.15) is 38.7 Å². The third-order valence-corrected chi connectivity index (χ3v) is 7.52. The van der Waals surface area contributed by atoms with Gasteiger partial charge in [0.2, 0.25) is 0 Å². The average molecular weight is 507 g/mol. The summed E-state index contributed by atoms with van der Waals surface area (Å²) in [7, 11) is 0. The van der Waals surface area contributed by atoms with Gasteiger partial charge in [0.25, 0.3) is 11.8 Å². The number of amides is 2. The zero-order valence-corrected chi connectivity index (χ0v) is 20.6. The van der Waals surface area contributed by atoms with E-state index in [2.05, 4.69) is 15.2 Å². The van der Waals surface area contributed by atoms with E-state index in [1.807, 2.05) is 30.3 Å². The van der Waals surface area contributed by atoms with Crippen molar-refractivity contribution in [3.05, 3.63) is 101 Å². The number of nitrogens with one attached hydrogen (secondary N) is 1. The number of carbonyl (C=O) groups is 2. The molecule has 0 radical (unpaired) electrons. The predicted molar refractivity (Wildman–Crippen MR) is 136 cm³/mol. The number of rotatable bonds is 7. The number of nitrogens with zero attached hydrogens (tertiary/aromatic N) is 3. The highest BCUT2D eigenvalue weighted by atomic mass is 35.5. The maximum atomic E-state index is 14.2. The van der Waals surface area contributed by atoms with Gasteiger partial charge in [-0.05, 0) is 48.1 Å². The summed E-state index contributed by atoms with van der Waals surface area (Å²) < 4.78 is 14.2. The quantitative estimate of drug-likeness (QED) is 0.514. The Morgan fingerprint density at radius 2 is 1.67 bits per heavy atom. The summed E-state index contributed by atoms with van der Waals surface area (Å²) in [5, 5.41) is 3.33. The van der Waals surface area contributed by atoms with Crippen molar-refractivity contribution >= 4 is 23.4 Å². The first-order chi connectivity index (χ1) is 17.5. The maximum absolute atomic E-state index is 14.2. The lowest BCUT2D eigenvalue weighted by molar-refractivity contribution is 0.0769. The lowest BCUT2D eigenvalue weighted by Gasteiger charge is -2.25. The van der Waals surface area contributed by atoms with E-state index < -0.39 is 5.82 Å². The van der Waals surface area contributed by atoms with Crippen LogP contribution in [0.25, 0.3) is 0 Å². The fourth-order valence-electron chi connectivity index (χ4n) is 5.36. The monoisotopic (exact) mass is 506 g/mol. The first kappa shape index (κ1) is 24.4. The minimum absolute atomic E-state index is 0.0355. The summed E-state index contributed by atoms with van der Waals surface area (Å²) in [5.74, 6) is -0.332. The van der Waals surface area contributed by atoms with Gasteiger partial charge in [-0.1, -0.05) is 48.0 Å². The Morgan fingerprint density at radius 1 is 0.972 bits per heavy atom. The van der Waals surface area contributed by atoms with E-state index in [4.69, 9.17) is 11.6 Å². The molecule has 6 nitrogen and oxygen atoms in total. The number of hydrogen-bond donors (Lipinski definition) is 1. The van der Waals surface area contributed by atoms with Crippen molar-refractivity contribution in [2.24, 2.45) is 11.8 Å². The number of carbonyl (C=O) groups excluding carboxylic acids is 2. The van der Waals surface area contributed by atoms with Crippen molar-refractivity contribution < 1.29 is 14.0 Å². The Hall–Kier alpha value is -3.29. The lowest BCUT2D eigenvalue weighted by Crippen LogP contribution is -2.35. The molecule has 3 heterocycles. The topological polar surface area (TPSA) is 65.5 Å². The molecule has 0 aliphatic carbocycles. The molecule has 36 heavy (non-hydrogen) atoms. The van der Waals surface area contributed by atoms with Crippen molar-refractivity contribution in [2.75, 3.05) is 32.7 Å². The van der Waals surface area contributed by atoms with Crippen LogP contribution in [-0.4, -0.2) is 59.3 Å². The minimum atomic E-state index is -0.577. The fourth-order valence-corrected chi connectivity index (χ4v) is 5.61. The number of halogens is 2. The molecule has 1 N–H and O–H groups in total. The smallest absolute Gasteiger partial charge is 0.258 e. The van der Waals surface area contributed by atoms with E-state index in [9.17, 15) is 14.0 Å². The number of likely N-dealkylation sites (tertiary alicyclic amines) is 2. The highest BCUT2D eigenvalue weighted by molar-refractivity contribution is 6.33. The van der Waals surface area contributed by atoms with Gasteiger partial charge in [0, 0.05) is 50.7 Å². The largest absolute Gasteiger partial charge is 0.345 e. The third kappa shape index (κ3) is 5.27. The zero-order valence-electron chi connectivity index (χ0n) is 19.8. The summed E-state index contributed by atoms with van der Waals surface area (Å²) in [6.45, 7) is 3.78. The second-order valence-electron chi connectivity index (χ2n) is 9.55. The molecule has 2 aromatic carbocycles. The Labute approximate surface area is 215 Å². The van der Waals surface area contributed by atoms with E-state index in [1.54, 1.807) is 35.5 Å². The first-order valence-corrected chi connectivity index (χ1v) is 12.6. The standard InChI is InChI=1S/C28H28ClFN4O2/c29-23-7-4-8-24(30)26(23)28(36)34-17-21-15-33(16-22(21)18-34)14-11-25(19-5-2-1-3-6-19)32-27(35)20-9-12-31-13-10-20/h1-10,12-13,21-22,25H,11,14-18H2,(H,32,35). The van der Waals surface area contributed by atoms with Crippen molar-refractivity contribution in [1.82, 2.24) is 20.1 Å². The van der Waals surface area contributed by atoms with E-state index in [0.717, 1.165) is 31.6 Å². The zero-order chi connectivity index (χ0) is 25.1.